The number of nitrogens with zero attached hydrogens (tertiary/aromatic N) is 1. The predicted molar refractivity (Wildman–Crippen MR) is 88.2 cm³/mol. The van der Waals surface area contributed by atoms with Crippen LogP contribution in [0.2, 0.25) is 5.02 Å². The summed E-state index contributed by atoms with van der Waals surface area (Å²) in [7, 11) is 0. The van der Waals surface area contributed by atoms with E-state index in [2.05, 4.69) is 50.2 Å². The highest BCUT2D eigenvalue weighted by molar-refractivity contribution is 6.30. The van der Waals surface area contributed by atoms with Crippen LogP contribution in [0.1, 0.15) is 43.5 Å². The molecule has 3 heteroatoms. The van der Waals surface area contributed by atoms with Crippen molar-refractivity contribution in [3.05, 3.63) is 70.2 Å². The van der Waals surface area contributed by atoms with Crippen LogP contribution in [0, 0.1) is 5.53 Å². The van der Waals surface area contributed by atoms with Crippen molar-refractivity contribution in [1.82, 2.24) is 0 Å². The summed E-state index contributed by atoms with van der Waals surface area (Å²) in [6, 6.07) is 16.0. The maximum Gasteiger partial charge on any atom is 0.0995 e. The Morgan fingerprint density at radius 3 is 2.05 bits per heavy atom. The van der Waals surface area contributed by atoms with Gasteiger partial charge in [-0.2, -0.15) is 5.11 Å². The smallest absolute Gasteiger partial charge is 0.0995 e. The zero-order chi connectivity index (χ0) is 15.5. The van der Waals surface area contributed by atoms with Crippen LogP contribution in [0.25, 0.3) is 0 Å². The average Bonchev–Trinajstić information content (AvgIpc) is 2.45. The van der Waals surface area contributed by atoms with Crippen LogP contribution in [-0.4, -0.2) is 0 Å². The fraction of sp³-hybridized carbons (Fsp3) is 0.333. The summed E-state index contributed by atoms with van der Waals surface area (Å²) in [5.74, 6) is 0. The zero-order valence-corrected chi connectivity index (χ0v) is 13.5. The van der Waals surface area contributed by atoms with E-state index in [4.69, 9.17) is 17.1 Å². The van der Waals surface area contributed by atoms with Crippen LogP contribution in [0.3, 0.4) is 0 Å². The maximum atomic E-state index is 7.43. The molecule has 0 aliphatic rings. The molecule has 0 aliphatic carbocycles. The minimum absolute atomic E-state index is 0.150. The van der Waals surface area contributed by atoms with Gasteiger partial charge in [-0.1, -0.05) is 68.8 Å². The van der Waals surface area contributed by atoms with Gasteiger partial charge in [0.2, 0.25) is 0 Å². The molecule has 0 fully saturated rings. The van der Waals surface area contributed by atoms with E-state index in [1.807, 2.05) is 24.3 Å². The largest absolute Gasteiger partial charge is 0.209 e. The van der Waals surface area contributed by atoms with Gasteiger partial charge < -0.3 is 0 Å². The maximum absolute atomic E-state index is 7.43. The van der Waals surface area contributed by atoms with Crippen molar-refractivity contribution in [2.24, 2.45) is 5.11 Å². The molecule has 0 aliphatic heterocycles. The summed E-state index contributed by atoms with van der Waals surface area (Å²) in [4.78, 5) is 0. The fourth-order valence-electron chi connectivity index (χ4n) is 2.29. The van der Waals surface area contributed by atoms with Crippen LogP contribution >= 0.6 is 11.6 Å². The molecule has 21 heavy (non-hydrogen) atoms. The van der Waals surface area contributed by atoms with Crippen LogP contribution in [0.5, 0.6) is 0 Å². The summed E-state index contributed by atoms with van der Waals surface area (Å²) < 4.78 is 0. The molecule has 2 aromatic rings. The van der Waals surface area contributed by atoms with E-state index in [1.165, 1.54) is 11.1 Å². The van der Waals surface area contributed by atoms with E-state index in [-0.39, 0.29) is 11.5 Å². The Labute approximate surface area is 131 Å². The van der Waals surface area contributed by atoms with Gasteiger partial charge in [-0.3, -0.25) is 0 Å². The van der Waals surface area contributed by atoms with Gasteiger partial charge in [0.15, 0.2) is 0 Å². The molecule has 0 bridgehead atoms. The molecule has 0 heterocycles. The van der Waals surface area contributed by atoms with Crippen molar-refractivity contribution < 1.29 is 0 Å². The minimum atomic E-state index is -0.150. The first-order valence-corrected chi connectivity index (χ1v) is 7.49. The highest BCUT2D eigenvalue weighted by Crippen LogP contribution is 2.26. The standard InChI is InChI=1S/C18H21ClN2/c1-18(2,3)15-8-4-13(5-9-15)12-17(21-20)14-6-10-16(19)11-7-14/h4-11,17,20H,12H2,1-3H3. The lowest BCUT2D eigenvalue weighted by atomic mass is 9.86. The lowest BCUT2D eigenvalue weighted by Gasteiger charge is -2.19. The first-order valence-electron chi connectivity index (χ1n) is 7.11. The second-order valence-corrected chi connectivity index (χ2v) is 6.78. The van der Waals surface area contributed by atoms with E-state index in [0.29, 0.717) is 5.02 Å². The molecule has 0 aromatic heterocycles. The molecule has 2 rings (SSSR count). The third-order valence-corrected chi connectivity index (χ3v) is 3.91. The number of hydrogen-bond donors (Lipinski definition) is 1. The van der Waals surface area contributed by atoms with Crippen LogP contribution < -0.4 is 0 Å². The summed E-state index contributed by atoms with van der Waals surface area (Å²) in [5, 5.41) is 4.47. The fourth-order valence-corrected chi connectivity index (χ4v) is 2.41. The van der Waals surface area contributed by atoms with E-state index < -0.39 is 0 Å². The highest BCUT2D eigenvalue weighted by atomic mass is 35.5. The second-order valence-electron chi connectivity index (χ2n) is 6.35. The Kier molecular flexibility index (Phi) is 4.79. The topological polar surface area (TPSA) is 36.2 Å². The second kappa shape index (κ2) is 6.40. The quantitative estimate of drug-likeness (QED) is 0.677. The highest BCUT2D eigenvalue weighted by Gasteiger charge is 2.15. The molecule has 0 amide bonds. The van der Waals surface area contributed by atoms with Crippen molar-refractivity contribution in [2.75, 3.05) is 0 Å². The Bertz CT molecular complexity index is 595. The molecule has 2 nitrogen and oxygen atoms in total. The van der Waals surface area contributed by atoms with Crippen LogP contribution in [0.4, 0.5) is 0 Å². The molecular weight excluding hydrogens is 280 g/mol. The van der Waals surface area contributed by atoms with Gasteiger partial charge in [-0.15, -0.1) is 0 Å². The van der Waals surface area contributed by atoms with Crippen molar-refractivity contribution in [1.29, 1.82) is 5.53 Å². The lowest BCUT2D eigenvalue weighted by Crippen LogP contribution is -2.10. The number of benzene rings is 2. The van der Waals surface area contributed by atoms with E-state index in [1.54, 1.807) is 0 Å². The third kappa shape index (κ3) is 4.15. The summed E-state index contributed by atoms with van der Waals surface area (Å²) in [6.07, 6.45) is 0.732. The van der Waals surface area contributed by atoms with Crippen molar-refractivity contribution in [3.8, 4) is 0 Å². The van der Waals surface area contributed by atoms with Crippen molar-refractivity contribution in [2.45, 2.75) is 38.6 Å². The van der Waals surface area contributed by atoms with Gasteiger partial charge in [0.05, 0.1) is 6.04 Å². The number of hydrogen-bond acceptors (Lipinski definition) is 2. The molecule has 2 aromatic carbocycles. The van der Waals surface area contributed by atoms with Gasteiger partial charge in [-0.05, 0) is 34.2 Å². The molecule has 110 valence electrons. The van der Waals surface area contributed by atoms with Gasteiger partial charge in [0, 0.05) is 11.4 Å². The molecular formula is C18H21ClN2. The molecule has 0 radical (unpaired) electrons. The Balaban J connectivity index is 2.15. The molecule has 0 spiro atoms. The average molecular weight is 301 g/mol. The Hall–Kier alpha value is -1.67. The normalized spacial score (nSPS) is 13.0. The number of nitrogens with one attached hydrogen (secondary N) is 1. The van der Waals surface area contributed by atoms with Crippen molar-refractivity contribution in [3.63, 3.8) is 0 Å². The molecule has 1 N–H and O–H groups in total. The van der Waals surface area contributed by atoms with Gasteiger partial charge >= 0.3 is 0 Å². The molecule has 0 saturated carbocycles. The van der Waals surface area contributed by atoms with Gasteiger partial charge in [0.25, 0.3) is 0 Å². The first-order chi connectivity index (χ1) is 9.90. The van der Waals surface area contributed by atoms with Crippen molar-refractivity contribution >= 4 is 11.6 Å². The molecule has 1 unspecified atom stereocenters. The summed E-state index contributed by atoms with van der Waals surface area (Å²) in [6.45, 7) is 6.62. The molecule has 0 saturated heterocycles. The summed E-state index contributed by atoms with van der Waals surface area (Å²) in [5.41, 5.74) is 11.1. The first kappa shape index (κ1) is 15.7. The predicted octanol–water partition coefficient (Wildman–Crippen LogP) is 5.95. The third-order valence-electron chi connectivity index (χ3n) is 3.66. The SMILES string of the molecule is CC(C)(C)c1ccc(CC(N=N)c2ccc(Cl)cc2)cc1. The number of halogens is 1. The van der Waals surface area contributed by atoms with E-state index in [0.717, 1.165) is 12.0 Å². The van der Waals surface area contributed by atoms with Crippen LogP contribution in [-0.2, 0) is 11.8 Å². The van der Waals surface area contributed by atoms with E-state index in [9.17, 15) is 0 Å². The molecule has 1 atom stereocenters. The van der Waals surface area contributed by atoms with E-state index >= 15 is 0 Å². The number of rotatable bonds is 4. The van der Waals surface area contributed by atoms with Crippen LogP contribution in [0.15, 0.2) is 53.6 Å². The summed E-state index contributed by atoms with van der Waals surface area (Å²) >= 11 is 5.90. The lowest BCUT2D eigenvalue weighted by molar-refractivity contribution is 0.589. The Morgan fingerprint density at radius 1 is 1.00 bits per heavy atom. The minimum Gasteiger partial charge on any atom is -0.209 e. The van der Waals surface area contributed by atoms with Gasteiger partial charge in [-0.25, -0.2) is 5.53 Å². The van der Waals surface area contributed by atoms with Gasteiger partial charge in [0.1, 0.15) is 0 Å². The Morgan fingerprint density at radius 2 is 1.57 bits per heavy atom. The zero-order valence-electron chi connectivity index (χ0n) is 12.7. The monoisotopic (exact) mass is 300 g/mol.